The zero-order valence-electron chi connectivity index (χ0n) is 9.80. The smallest absolute Gasteiger partial charge is 0.141 e. The molecule has 1 rings (SSSR count). The van der Waals surface area contributed by atoms with Gasteiger partial charge in [-0.25, -0.2) is 0 Å². The average molecular weight is 198 g/mol. The highest BCUT2D eigenvalue weighted by atomic mass is 16.5. The molecule has 0 spiro atoms. The lowest BCUT2D eigenvalue weighted by Gasteiger charge is -2.31. The van der Waals surface area contributed by atoms with Gasteiger partial charge in [0.05, 0.1) is 6.10 Å². The second-order valence-corrected chi connectivity index (χ2v) is 5.34. The number of hydrogen-bond acceptors (Lipinski definition) is 2. The highest BCUT2D eigenvalue weighted by Crippen LogP contribution is 2.32. The maximum absolute atomic E-state index is 12.0. The Morgan fingerprint density at radius 1 is 1.29 bits per heavy atom. The highest BCUT2D eigenvalue weighted by molar-refractivity contribution is 5.86. The SMILES string of the molecule is COC1CCCC(C(=O)C(C)(C)C)C1. The summed E-state index contributed by atoms with van der Waals surface area (Å²) in [5.74, 6) is 0.632. The van der Waals surface area contributed by atoms with Gasteiger partial charge >= 0.3 is 0 Å². The van der Waals surface area contributed by atoms with Crippen molar-refractivity contribution >= 4 is 5.78 Å². The molecule has 14 heavy (non-hydrogen) atoms. The lowest BCUT2D eigenvalue weighted by molar-refractivity contribution is -0.133. The number of Topliss-reactive ketones (excluding diaryl/α,β-unsaturated/α-hetero) is 1. The monoisotopic (exact) mass is 198 g/mol. The van der Waals surface area contributed by atoms with Crippen molar-refractivity contribution in [2.75, 3.05) is 7.11 Å². The fourth-order valence-corrected chi connectivity index (χ4v) is 2.21. The molecule has 0 aromatic rings. The van der Waals surface area contributed by atoms with Gasteiger partial charge in [0.25, 0.3) is 0 Å². The van der Waals surface area contributed by atoms with E-state index in [1.165, 1.54) is 0 Å². The van der Waals surface area contributed by atoms with Crippen molar-refractivity contribution in [1.82, 2.24) is 0 Å². The summed E-state index contributed by atoms with van der Waals surface area (Å²) in [4.78, 5) is 12.0. The normalized spacial score (nSPS) is 28.9. The number of carbonyl (C=O) groups excluding carboxylic acids is 1. The Morgan fingerprint density at radius 2 is 1.93 bits per heavy atom. The van der Waals surface area contributed by atoms with Gasteiger partial charge < -0.3 is 4.74 Å². The first-order valence-electron chi connectivity index (χ1n) is 5.52. The molecule has 0 aromatic heterocycles. The summed E-state index contributed by atoms with van der Waals surface area (Å²) >= 11 is 0. The summed E-state index contributed by atoms with van der Waals surface area (Å²) in [5, 5.41) is 0. The van der Waals surface area contributed by atoms with Gasteiger partial charge in [0.2, 0.25) is 0 Å². The van der Waals surface area contributed by atoms with E-state index in [4.69, 9.17) is 4.74 Å². The Labute approximate surface area is 87.0 Å². The topological polar surface area (TPSA) is 26.3 Å². The number of rotatable bonds is 2. The van der Waals surface area contributed by atoms with E-state index >= 15 is 0 Å². The van der Waals surface area contributed by atoms with E-state index in [-0.39, 0.29) is 11.3 Å². The molecule has 2 atom stereocenters. The Balaban J connectivity index is 2.56. The third kappa shape index (κ3) is 2.81. The average Bonchev–Trinajstić information content (AvgIpc) is 2.15. The van der Waals surface area contributed by atoms with E-state index in [0.717, 1.165) is 25.7 Å². The van der Waals surface area contributed by atoms with E-state index in [1.54, 1.807) is 7.11 Å². The van der Waals surface area contributed by atoms with Crippen LogP contribution in [0.1, 0.15) is 46.5 Å². The summed E-state index contributed by atoms with van der Waals surface area (Å²) in [6, 6.07) is 0. The van der Waals surface area contributed by atoms with Crippen molar-refractivity contribution in [2.24, 2.45) is 11.3 Å². The minimum atomic E-state index is -0.194. The third-order valence-electron chi connectivity index (χ3n) is 3.07. The molecular formula is C12H22O2. The van der Waals surface area contributed by atoms with Crippen molar-refractivity contribution in [1.29, 1.82) is 0 Å². The molecule has 2 unspecified atom stereocenters. The zero-order chi connectivity index (χ0) is 10.8. The van der Waals surface area contributed by atoms with Crippen LogP contribution in [0.5, 0.6) is 0 Å². The Bertz CT molecular complexity index is 203. The zero-order valence-corrected chi connectivity index (χ0v) is 9.80. The van der Waals surface area contributed by atoms with Crippen LogP contribution in [-0.4, -0.2) is 19.0 Å². The van der Waals surface area contributed by atoms with Crippen molar-refractivity contribution in [2.45, 2.75) is 52.6 Å². The Kier molecular flexibility index (Phi) is 3.71. The summed E-state index contributed by atoms with van der Waals surface area (Å²) in [7, 11) is 1.74. The van der Waals surface area contributed by atoms with Crippen LogP contribution in [0.2, 0.25) is 0 Å². The lowest BCUT2D eigenvalue weighted by atomic mass is 9.75. The molecule has 1 fully saturated rings. The molecule has 0 aliphatic heterocycles. The molecule has 1 aliphatic carbocycles. The summed E-state index contributed by atoms with van der Waals surface area (Å²) in [6.45, 7) is 6.02. The molecule has 2 heteroatoms. The van der Waals surface area contributed by atoms with Crippen LogP contribution < -0.4 is 0 Å². The summed E-state index contributed by atoms with van der Waals surface area (Å²) < 4.78 is 5.33. The van der Waals surface area contributed by atoms with Gasteiger partial charge in [-0.15, -0.1) is 0 Å². The van der Waals surface area contributed by atoms with Crippen molar-refractivity contribution in [3.63, 3.8) is 0 Å². The number of ether oxygens (including phenoxy) is 1. The van der Waals surface area contributed by atoms with Gasteiger partial charge in [-0.3, -0.25) is 4.79 Å². The van der Waals surface area contributed by atoms with Crippen LogP contribution in [0.3, 0.4) is 0 Å². The Morgan fingerprint density at radius 3 is 2.43 bits per heavy atom. The van der Waals surface area contributed by atoms with E-state index < -0.39 is 0 Å². The molecule has 82 valence electrons. The van der Waals surface area contributed by atoms with E-state index in [9.17, 15) is 4.79 Å². The van der Waals surface area contributed by atoms with Gasteiger partial charge in [0.15, 0.2) is 0 Å². The highest BCUT2D eigenvalue weighted by Gasteiger charge is 2.33. The molecule has 0 saturated heterocycles. The number of carbonyl (C=O) groups is 1. The maximum atomic E-state index is 12.0. The number of methoxy groups -OCH3 is 1. The first-order valence-corrected chi connectivity index (χ1v) is 5.52. The van der Waals surface area contributed by atoms with Crippen molar-refractivity contribution in [3.8, 4) is 0 Å². The lowest BCUT2D eigenvalue weighted by Crippen LogP contribution is -2.34. The molecule has 0 radical (unpaired) electrons. The van der Waals surface area contributed by atoms with E-state index in [1.807, 2.05) is 20.8 Å². The van der Waals surface area contributed by atoms with Gasteiger partial charge in [0.1, 0.15) is 5.78 Å². The van der Waals surface area contributed by atoms with Crippen LogP contribution in [0.25, 0.3) is 0 Å². The number of ketones is 1. The molecule has 1 aliphatic rings. The molecule has 0 heterocycles. The first kappa shape index (κ1) is 11.7. The standard InChI is InChI=1S/C12H22O2/c1-12(2,3)11(13)9-6-5-7-10(8-9)14-4/h9-10H,5-8H2,1-4H3. The largest absolute Gasteiger partial charge is 0.381 e. The van der Waals surface area contributed by atoms with Crippen LogP contribution in [0, 0.1) is 11.3 Å². The van der Waals surface area contributed by atoms with Gasteiger partial charge in [-0.05, 0) is 19.3 Å². The molecule has 0 N–H and O–H groups in total. The van der Waals surface area contributed by atoms with E-state index in [2.05, 4.69) is 0 Å². The summed E-state index contributed by atoms with van der Waals surface area (Å²) in [6.07, 6.45) is 4.53. The van der Waals surface area contributed by atoms with Crippen molar-refractivity contribution in [3.05, 3.63) is 0 Å². The molecule has 0 aromatic carbocycles. The summed E-state index contributed by atoms with van der Waals surface area (Å²) in [5.41, 5.74) is -0.194. The molecular weight excluding hydrogens is 176 g/mol. The molecule has 0 amide bonds. The second kappa shape index (κ2) is 4.43. The van der Waals surface area contributed by atoms with Gasteiger partial charge in [-0.1, -0.05) is 27.2 Å². The first-order chi connectivity index (χ1) is 6.45. The molecule has 2 nitrogen and oxygen atoms in total. The fourth-order valence-electron chi connectivity index (χ4n) is 2.21. The molecule has 1 saturated carbocycles. The quantitative estimate of drug-likeness (QED) is 0.682. The van der Waals surface area contributed by atoms with Crippen LogP contribution in [0.4, 0.5) is 0 Å². The minimum Gasteiger partial charge on any atom is -0.381 e. The minimum absolute atomic E-state index is 0.194. The number of hydrogen-bond donors (Lipinski definition) is 0. The Hall–Kier alpha value is -0.370. The van der Waals surface area contributed by atoms with E-state index in [0.29, 0.717) is 11.9 Å². The van der Waals surface area contributed by atoms with Crippen LogP contribution in [-0.2, 0) is 9.53 Å². The van der Waals surface area contributed by atoms with Crippen molar-refractivity contribution < 1.29 is 9.53 Å². The predicted molar refractivity (Wildman–Crippen MR) is 57.2 cm³/mol. The predicted octanol–water partition coefficient (Wildman–Crippen LogP) is 2.81. The van der Waals surface area contributed by atoms with Crippen LogP contribution in [0.15, 0.2) is 0 Å². The van der Waals surface area contributed by atoms with Gasteiger partial charge in [0, 0.05) is 18.4 Å². The van der Waals surface area contributed by atoms with Crippen LogP contribution >= 0.6 is 0 Å². The fraction of sp³-hybridized carbons (Fsp3) is 0.917. The second-order valence-electron chi connectivity index (χ2n) is 5.34. The molecule has 0 bridgehead atoms. The maximum Gasteiger partial charge on any atom is 0.141 e. The van der Waals surface area contributed by atoms with Gasteiger partial charge in [-0.2, -0.15) is 0 Å². The third-order valence-corrected chi connectivity index (χ3v) is 3.07.